The van der Waals surface area contributed by atoms with Gasteiger partial charge in [-0.1, -0.05) is 32.1 Å². The van der Waals surface area contributed by atoms with Gasteiger partial charge in [-0.3, -0.25) is 4.79 Å². The minimum absolute atomic E-state index is 0.140. The van der Waals surface area contributed by atoms with Crippen molar-refractivity contribution < 1.29 is 4.79 Å². The van der Waals surface area contributed by atoms with Crippen LogP contribution in [0.3, 0.4) is 0 Å². The van der Waals surface area contributed by atoms with Gasteiger partial charge in [0.25, 0.3) is 0 Å². The number of unbranched alkanes of at least 4 members (excludes halogenated alkanes) is 1. The third-order valence-corrected chi connectivity index (χ3v) is 2.61. The molecular formula is C16H20O. The van der Waals surface area contributed by atoms with E-state index >= 15 is 0 Å². The summed E-state index contributed by atoms with van der Waals surface area (Å²) < 4.78 is 0. The topological polar surface area (TPSA) is 17.1 Å². The van der Waals surface area contributed by atoms with Gasteiger partial charge >= 0.3 is 0 Å². The summed E-state index contributed by atoms with van der Waals surface area (Å²) in [6.07, 6.45) is 4.00. The highest BCUT2D eigenvalue weighted by atomic mass is 16.1. The molecular weight excluding hydrogens is 208 g/mol. The van der Waals surface area contributed by atoms with E-state index in [2.05, 4.69) is 31.8 Å². The van der Waals surface area contributed by atoms with Crippen LogP contribution in [-0.2, 0) is 6.42 Å². The Bertz CT molecular complexity index is 446. The second kappa shape index (κ2) is 6.91. The fourth-order valence-corrected chi connectivity index (χ4v) is 1.78. The molecule has 90 valence electrons. The lowest BCUT2D eigenvalue weighted by molar-refractivity contribution is 0.101. The van der Waals surface area contributed by atoms with Crippen molar-refractivity contribution in [2.45, 2.75) is 46.5 Å². The molecule has 0 aliphatic heterocycles. The number of hydrogen-bond donors (Lipinski definition) is 0. The normalized spacial score (nSPS) is 9.59. The van der Waals surface area contributed by atoms with Gasteiger partial charge in [-0.2, -0.15) is 0 Å². The zero-order valence-electron chi connectivity index (χ0n) is 11.0. The van der Waals surface area contributed by atoms with E-state index in [0.29, 0.717) is 0 Å². The Hall–Kier alpha value is -1.55. The second-order valence-corrected chi connectivity index (χ2v) is 4.23. The predicted molar refractivity (Wildman–Crippen MR) is 72.2 cm³/mol. The van der Waals surface area contributed by atoms with Crippen LogP contribution < -0.4 is 0 Å². The number of rotatable bonds is 4. The van der Waals surface area contributed by atoms with E-state index in [1.807, 2.05) is 12.1 Å². The number of hydrogen-bond acceptors (Lipinski definition) is 1. The number of ketones is 1. The predicted octanol–water partition coefficient (Wildman–Crippen LogP) is 3.99. The van der Waals surface area contributed by atoms with Gasteiger partial charge in [0.2, 0.25) is 0 Å². The summed E-state index contributed by atoms with van der Waals surface area (Å²) in [6.45, 7) is 5.87. The maximum Gasteiger partial charge on any atom is 0.160 e. The highest BCUT2D eigenvalue weighted by molar-refractivity contribution is 5.95. The number of Topliss-reactive ketones (excluding diaryl/α,β-unsaturated/α-hetero) is 1. The fraction of sp³-hybridized carbons (Fsp3) is 0.438. The summed E-state index contributed by atoms with van der Waals surface area (Å²) in [5.74, 6) is 6.42. The van der Waals surface area contributed by atoms with Gasteiger partial charge in [0, 0.05) is 17.5 Å². The first-order valence-corrected chi connectivity index (χ1v) is 6.31. The molecule has 1 aromatic carbocycles. The number of carbonyl (C=O) groups is 1. The molecule has 0 unspecified atom stereocenters. The van der Waals surface area contributed by atoms with Crippen molar-refractivity contribution in [2.24, 2.45) is 0 Å². The van der Waals surface area contributed by atoms with Crippen molar-refractivity contribution in [3.8, 4) is 11.8 Å². The standard InChI is InChI=1S/C16H20O/c1-4-6-7-9-14-10-11-16(13(3)17)15(12-14)8-5-2/h10-12H,4-6,8H2,1-3H3. The van der Waals surface area contributed by atoms with Crippen LogP contribution in [0, 0.1) is 11.8 Å². The lowest BCUT2D eigenvalue weighted by atomic mass is 9.98. The second-order valence-electron chi connectivity index (χ2n) is 4.23. The summed E-state index contributed by atoms with van der Waals surface area (Å²) >= 11 is 0. The van der Waals surface area contributed by atoms with Gasteiger partial charge < -0.3 is 0 Å². The molecule has 0 amide bonds. The van der Waals surface area contributed by atoms with Crippen LogP contribution in [0.25, 0.3) is 0 Å². The average Bonchev–Trinajstić information content (AvgIpc) is 2.30. The Morgan fingerprint density at radius 2 is 2.00 bits per heavy atom. The zero-order valence-corrected chi connectivity index (χ0v) is 11.0. The van der Waals surface area contributed by atoms with Crippen LogP contribution in [0.2, 0.25) is 0 Å². The van der Waals surface area contributed by atoms with E-state index in [0.717, 1.165) is 42.4 Å². The molecule has 1 aromatic rings. The summed E-state index contributed by atoms with van der Waals surface area (Å²) in [5, 5.41) is 0. The molecule has 1 nitrogen and oxygen atoms in total. The van der Waals surface area contributed by atoms with E-state index in [4.69, 9.17) is 0 Å². The zero-order chi connectivity index (χ0) is 12.7. The van der Waals surface area contributed by atoms with E-state index < -0.39 is 0 Å². The first kappa shape index (κ1) is 13.5. The summed E-state index contributed by atoms with van der Waals surface area (Å²) in [6, 6.07) is 5.91. The average molecular weight is 228 g/mol. The maximum atomic E-state index is 11.5. The van der Waals surface area contributed by atoms with Gasteiger partial charge in [-0.05, 0) is 43.5 Å². The molecule has 0 atom stereocenters. The highest BCUT2D eigenvalue weighted by Crippen LogP contribution is 2.14. The Labute approximate surface area is 104 Å². The Kier molecular flexibility index (Phi) is 5.49. The molecule has 17 heavy (non-hydrogen) atoms. The SMILES string of the molecule is CCCC#Cc1ccc(C(C)=O)c(CCC)c1. The van der Waals surface area contributed by atoms with E-state index in [-0.39, 0.29) is 5.78 Å². The molecule has 0 heterocycles. The van der Waals surface area contributed by atoms with Crippen LogP contribution >= 0.6 is 0 Å². The summed E-state index contributed by atoms with van der Waals surface area (Å²) in [4.78, 5) is 11.5. The molecule has 0 radical (unpaired) electrons. The first-order chi connectivity index (χ1) is 8.19. The fourth-order valence-electron chi connectivity index (χ4n) is 1.78. The minimum atomic E-state index is 0.140. The van der Waals surface area contributed by atoms with Crippen molar-refractivity contribution in [3.63, 3.8) is 0 Å². The van der Waals surface area contributed by atoms with Gasteiger partial charge in [0.1, 0.15) is 0 Å². The number of aryl methyl sites for hydroxylation is 1. The van der Waals surface area contributed by atoms with Crippen LogP contribution in [-0.4, -0.2) is 5.78 Å². The lowest BCUT2D eigenvalue weighted by Gasteiger charge is -2.06. The van der Waals surface area contributed by atoms with E-state index in [9.17, 15) is 4.79 Å². The summed E-state index contributed by atoms with van der Waals surface area (Å²) in [5.41, 5.74) is 2.99. The monoisotopic (exact) mass is 228 g/mol. The molecule has 0 fully saturated rings. The molecule has 0 aliphatic carbocycles. The third-order valence-electron chi connectivity index (χ3n) is 2.61. The van der Waals surface area contributed by atoms with Crippen LogP contribution in [0.4, 0.5) is 0 Å². The smallest absolute Gasteiger partial charge is 0.160 e. The van der Waals surface area contributed by atoms with Crippen LogP contribution in [0.5, 0.6) is 0 Å². The van der Waals surface area contributed by atoms with Gasteiger partial charge in [0.15, 0.2) is 5.78 Å². The van der Waals surface area contributed by atoms with Crippen molar-refractivity contribution in [2.75, 3.05) is 0 Å². The largest absolute Gasteiger partial charge is 0.295 e. The summed E-state index contributed by atoms with van der Waals surface area (Å²) in [7, 11) is 0. The van der Waals surface area contributed by atoms with Crippen molar-refractivity contribution in [3.05, 3.63) is 34.9 Å². The minimum Gasteiger partial charge on any atom is -0.295 e. The first-order valence-electron chi connectivity index (χ1n) is 6.31. The van der Waals surface area contributed by atoms with Gasteiger partial charge in [-0.25, -0.2) is 0 Å². The van der Waals surface area contributed by atoms with E-state index in [1.54, 1.807) is 6.92 Å². The van der Waals surface area contributed by atoms with Gasteiger partial charge in [0.05, 0.1) is 0 Å². The number of carbonyl (C=O) groups excluding carboxylic acids is 1. The molecule has 0 saturated heterocycles. The molecule has 0 spiro atoms. The maximum absolute atomic E-state index is 11.5. The Morgan fingerprint density at radius 3 is 2.59 bits per heavy atom. The Balaban J connectivity index is 3.02. The van der Waals surface area contributed by atoms with E-state index in [1.165, 1.54) is 0 Å². The molecule has 0 aliphatic rings. The van der Waals surface area contributed by atoms with Crippen LogP contribution in [0.15, 0.2) is 18.2 Å². The molecule has 0 aromatic heterocycles. The van der Waals surface area contributed by atoms with Crippen molar-refractivity contribution in [1.82, 2.24) is 0 Å². The number of benzene rings is 1. The highest BCUT2D eigenvalue weighted by Gasteiger charge is 2.06. The van der Waals surface area contributed by atoms with Gasteiger partial charge in [-0.15, -0.1) is 0 Å². The molecule has 0 saturated carbocycles. The van der Waals surface area contributed by atoms with Crippen molar-refractivity contribution in [1.29, 1.82) is 0 Å². The third kappa shape index (κ3) is 4.07. The molecule has 1 heteroatoms. The van der Waals surface area contributed by atoms with Crippen molar-refractivity contribution >= 4 is 5.78 Å². The lowest BCUT2D eigenvalue weighted by Crippen LogP contribution is -2.00. The quantitative estimate of drug-likeness (QED) is 0.562. The molecule has 0 N–H and O–H groups in total. The molecule has 0 bridgehead atoms. The van der Waals surface area contributed by atoms with Crippen LogP contribution in [0.1, 0.15) is 61.5 Å². The Morgan fingerprint density at radius 1 is 1.24 bits per heavy atom. The molecule has 1 rings (SSSR count).